The van der Waals surface area contributed by atoms with Gasteiger partial charge in [0.1, 0.15) is 0 Å². The van der Waals surface area contributed by atoms with Crippen LogP contribution in [0.15, 0.2) is 200 Å². The molecular formula is C57H39N3. The summed E-state index contributed by atoms with van der Waals surface area (Å²) in [6.07, 6.45) is 0. The number of aromatic nitrogens is 3. The van der Waals surface area contributed by atoms with Crippen molar-refractivity contribution in [3.8, 4) is 61.8 Å². The molecular weight excluding hydrogens is 727 g/mol. The molecule has 2 aromatic heterocycles. The standard InChI is InChI=1S/C57H39N3/c1-57(2)48-32-29-38(34-47(48)54-41-21-10-9-16-36(41)28-33-49(54)57)40-30-31-44(43-23-12-11-22-42(40)43)50-35-51(59-56(58-50)37-17-5-3-6-18-37)45-25-15-27-53-55(45)46-24-13-14-26-52(46)60(53)39-19-7-4-8-20-39/h3-35H,1-2H3. The Bertz CT molecular complexity index is 3500. The Balaban J connectivity index is 1.06. The molecule has 282 valence electrons. The number of hydrogen-bond donors (Lipinski definition) is 0. The van der Waals surface area contributed by atoms with Gasteiger partial charge in [-0.3, -0.25) is 0 Å². The van der Waals surface area contributed by atoms with Gasteiger partial charge in [-0.05, 0) is 91.3 Å². The molecule has 0 spiro atoms. The molecule has 60 heavy (non-hydrogen) atoms. The number of rotatable bonds is 5. The van der Waals surface area contributed by atoms with E-state index < -0.39 is 0 Å². The van der Waals surface area contributed by atoms with E-state index in [9.17, 15) is 0 Å². The molecule has 9 aromatic carbocycles. The van der Waals surface area contributed by atoms with Gasteiger partial charge in [0.05, 0.1) is 22.4 Å². The summed E-state index contributed by atoms with van der Waals surface area (Å²) in [4.78, 5) is 10.7. The molecule has 1 aliphatic carbocycles. The lowest BCUT2D eigenvalue weighted by atomic mass is 9.81. The highest BCUT2D eigenvalue weighted by Gasteiger charge is 2.36. The second kappa shape index (κ2) is 13.2. The van der Waals surface area contributed by atoms with E-state index in [-0.39, 0.29) is 5.41 Å². The lowest BCUT2D eigenvalue weighted by Gasteiger charge is -2.22. The minimum atomic E-state index is -0.0822. The smallest absolute Gasteiger partial charge is 0.160 e. The van der Waals surface area contributed by atoms with Crippen LogP contribution in [0.3, 0.4) is 0 Å². The molecule has 0 unspecified atom stereocenters. The fraction of sp³-hybridized carbons (Fsp3) is 0.0526. The van der Waals surface area contributed by atoms with Crippen molar-refractivity contribution in [3.63, 3.8) is 0 Å². The molecule has 0 saturated carbocycles. The molecule has 3 nitrogen and oxygen atoms in total. The van der Waals surface area contributed by atoms with Crippen LogP contribution in [-0.4, -0.2) is 14.5 Å². The monoisotopic (exact) mass is 765 g/mol. The third-order valence-corrected chi connectivity index (χ3v) is 12.8. The number of nitrogens with zero attached hydrogens (tertiary/aromatic N) is 3. The Hall–Kier alpha value is -7.62. The lowest BCUT2D eigenvalue weighted by molar-refractivity contribution is 0.661. The van der Waals surface area contributed by atoms with Crippen molar-refractivity contribution in [2.24, 2.45) is 0 Å². The second-order valence-electron chi connectivity index (χ2n) is 16.5. The van der Waals surface area contributed by atoms with E-state index in [2.05, 4.69) is 213 Å². The normalized spacial score (nSPS) is 13.0. The van der Waals surface area contributed by atoms with E-state index in [1.807, 2.05) is 6.07 Å². The van der Waals surface area contributed by atoms with Crippen molar-refractivity contribution in [1.82, 2.24) is 14.5 Å². The summed E-state index contributed by atoms with van der Waals surface area (Å²) >= 11 is 0. The Labute approximate surface area is 348 Å². The van der Waals surface area contributed by atoms with Gasteiger partial charge in [0.25, 0.3) is 0 Å². The Kier molecular flexibility index (Phi) is 7.58. The number of para-hydroxylation sites is 2. The maximum atomic E-state index is 5.35. The molecule has 1 aliphatic rings. The minimum absolute atomic E-state index is 0.0822. The Morgan fingerprint density at radius 2 is 1.02 bits per heavy atom. The van der Waals surface area contributed by atoms with Gasteiger partial charge >= 0.3 is 0 Å². The highest BCUT2D eigenvalue weighted by atomic mass is 15.0. The molecule has 0 aliphatic heterocycles. The summed E-state index contributed by atoms with van der Waals surface area (Å²) in [5.74, 6) is 0.701. The first-order valence-electron chi connectivity index (χ1n) is 20.7. The van der Waals surface area contributed by atoms with Gasteiger partial charge in [-0.25, -0.2) is 9.97 Å². The molecule has 0 atom stereocenters. The van der Waals surface area contributed by atoms with E-state index in [0.717, 1.165) is 50.2 Å². The van der Waals surface area contributed by atoms with Gasteiger partial charge < -0.3 is 4.57 Å². The van der Waals surface area contributed by atoms with Crippen LogP contribution in [0.5, 0.6) is 0 Å². The van der Waals surface area contributed by atoms with E-state index in [1.165, 1.54) is 60.3 Å². The lowest BCUT2D eigenvalue weighted by Crippen LogP contribution is -2.14. The molecule has 0 N–H and O–H groups in total. The maximum Gasteiger partial charge on any atom is 0.160 e. The van der Waals surface area contributed by atoms with Crippen LogP contribution in [0.1, 0.15) is 25.0 Å². The van der Waals surface area contributed by atoms with Crippen molar-refractivity contribution >= 4 is 43.4 Å². The van der Waals surface area contributed by atoms with Gasteiger partial charge in [0, 0.05) is 38.6 Å². The summed E-state index contributed by atoms with van der Waals surface area (Å²) < 4.78 is 2.36. The van der Waals surface area contributed by atoms with Crippen molar-refractivity contribution < 1.29 is 0 Å². The van der Waals surface area contributed by atoms with Crippen LogP contribution in [-0.2, 0) is 5.41 Å². The number of benzene rings is 9. The average Bonchev–Trinajstić information content (AvgIpc) is 3.77. The summed E-state index contributed by atoms with van der Waals surface area (Å²) in [7, 11) is 0. The third kappa shape index (κ3) is 5.15. The van der Waals surface area contributed by atoms with E-state index in [4.69, 9.17) is 9.97 Å². The second-order valence-corrected chi connectivity index (χ2v) is 16.5. The fourth-order valence-electron chi connectivity index (χ4n) is 9.99. The topological polar surface area (TPSA) is 30.7 Å². The number of hydrogen-bond acceptors (Lipinski definition) is 2. The zero-order chi connectivity index (χ0) is 40.0. The summed E-state index contributed by atoms with van der Waals surface area (Å²) in [6.45, 7) is 4.72. The fourth-order valence-corrected chi connectivity index (χ4v) is 9.99. The van der Waals surface area contributed by atoms with Gasteiger partial charge in [-0.15, -0.1) is 0 Å². The minimum Gasteiger partial charge on any atom is -0.309 e. The average molecular weight is 766 g/mol. The molecule has 0 amide bonds. The van der Waals surface area contributed by atoms with Crippen LogP contribution in [0.4, 0.5) is 0 Å². The number of fused-ring (bicyclic) bond motifs is 9. The van der Waals surface area contributed by atoms with Crippen LogP contribution in [0.25, 0.3) is 105 Å². The zero-order valence-electron chi connectivity index (χ0n) is 33.4. The molecule has 0 radical (unpaired) electrons. The quantitative estimate of drug-likeness (QED) is 0.175. The molecule has 2 heterocycles. The van der Waals surface area contributed by atoms with Crippen molar-refractivity contribution in [2.45, 2.75) is 19.3 Å². The summed E-state index contributed by atoms with van der Waals surface area (Å²) in [6, 6.07) is 72.3. The van der Waals surface area contributed by atoms with E-state index in [1.54, 1.807) is 0 Å². The molecule has 0 bridgehead atoms. The van der Waals surface area contributed by atoms with Gasteiger partial charge in [-0.1, -0.05) is 178 Å². The van der Waals surface area contributed by atoms with Crippen LogP contribution >= 0.6 is 0 Å². The Morgan fingerprint density at radius 3 is 1.82 bits per heavy atom. The molecule has 0 fully saturated rings. The molecule has 0 saturated heterocycles. The van der Waals surface area contributed by atoms with Crippen LogP contribution in [0, 0.1) is 0 Å². The van der Waals surface area contributed by atoms with Crippen molar-refractivity contribution in [3.05, 3.63) is 211 Å². The first-order chi connectivity index (χ1) is 29.5. The molecule has 12 rings (SSSR count). The van der Waals surface area contributed by atoms with Gasteiger partial charge in [-0.2, -0.15) is 0 Å². The first-order valence-corrected chi connectivity index (χ1v) is 20.7. The predicted octanol–water partition coefficient (Wildman–Crippen LogP) is 14.9. The predicted molar refractivity (Wildman–Crippen MR) is 251 cm³/mol. The van der Waals surface area contributed by atoms with E-state index >= 15 is 0 Å². The first kappa shape index (κ1) is 34.4. The molecule has 3 heteroatoms. The molecule has 11 aromatic rings. The van der Waals surface area contributed by atoms with Gasteiger partial charge in [0.15, 0.2) is 5.82 Å². The highest BCUT2D eigenvalue weighted by Crippen LogP contribution is 2.52. The zero-order valence-corrected chi connectivity index (χ0v) is 33.4. The van der Waals surface area contributed by atoms with E-state index in [0.29, 0.717) is 5.82 Å². The summed E-state index contributed by atoms with van der Waals surface area (Å²) in [5, 5.41) is 7.31. The SMILES string of the molecule is CC1(C)c2ccc(-c3ccc(-c4cc(-c5cccc6c5c5ccccc5n6-c5ccccc5)nc(-c5ccccc5)n4)c4ccccc34)cc2-c2c1ccc1ccccc21. The summed E-state index contributed by atoms with van der Waals surface area (Å²) in [5.41, 5.74) is 16.1. The van der Waals surface area contributed by atoms with Crippen molar-refractivity contribution in [1.29, 1.82) is 0 Å². The van der Waals surface area contributed by atoms with Gasteiger partial charge in [0.2, 0.25) is 0 Å². The van der Waals surface area contributed by atoms with Crippen LogP contribution < -0.4 is 0 Å². The largest absolute Gasteiger partial charge is 0.309 e. The van der Waals surface area contributed by atoms with Crippen molar-refractivity contribution in [2.75, 3.05) is 0 Å². The van der Waals surface area contributed by atoms with Crippen LogP contribution in [0.2, 0.25) is 0 Å². The highest BCUT2D eigenvalue weighted by molar-refractivity contribution is 6.16. The third-order valence-electron chi connectivity index (χ3n) is 12.8. The maximum absolute atomic E-state index is 5.35. The Morgan fingerprint density at radius 1 is 0.400 bits per heavy atom.